The highest BCUT2D eigenvalue weighted by Crippen LogP contribution is 2.25. The van der Waals surface area contributed by atoms with Gasteiger partial charge in [0.2, 0.25) is 0 Å². The summed E-state index contributed by atoms with van der Waals surface area (Å²) < 4.78 is 19.3. The first kappa shape index (κ1) is 15.1. The Morgan fingerprint density at radius 2 is 1.95 bits per heavy atom. The van der Waals surface area contributed by atoms with Gasteiger partial charge in [0, 0.05) is 21.7 Å². The van der Waals surface area contributed by atoms with Gasteiger partial charge in [-0.05, 0) is 42.8 Å². The summed E-state index contributed by atoms with van der Waals surface area (Å²) in [5.41, 5.74) is 7.12. The Morgan fingerprint density at radius 3 is 2.60 bits per heavy atom. The molecule has 2 aromatic carbocycles. The molecule has 0 unspecified atom stereocenters. The number of ether oxygens (including phenoxy) is 1. The monoisotopic (exact) mass is 313 g/mol. The second-order valence-corrected chi connectivity index (χ2v) is 5.35. The third kappa shape index (κ3) is 3.63. The minimum absolute atomic E-state index is 0.147. The van der Waals surface area contributed by atoms with E-state index in [0.29, 0.717) is 15.6 Å². The van der Waals surface area contributed by atoms with Gasteiger partial charge < -0.3 is 10.5 Å². The van der Waals surface area contributed by atoms with Crippen molar-refractivity contribution in [2.75, 3.05) is 0 Å². The van der Waals surface area contributed by atoms with Crippen molar-refractivity contribution in [2.24, 2.45) is 5.73 Å². The lowest BCUT2D eigenvalue weighted by atomic mass is 10.1. The van der Waals surface area contributed by atoms with Gasteiger partial charge >= 0.3 is 0 Å². The van der Waals surface area contributed by atoms with Crippen molar-refractivity contribution in [2.45, 2.75) is 19.6 Å². The summed E-state index contributed by atoms with van der Waals surface area (Å²) >= 11 is 11.9. The molecule has 2 rings (SSSR count). The second-order valence-electron chi connectivity index (χ2n) is 4.50. The van der Waals surface area contributed by atoms with Crippen LogP contribution in [-0.4, -0.2) is 0 Å². The van der Waals surface area contributed by atoms with E-state index < -0.39 is 5.82 Å². The van der Waals surface area contributed by atoms with Crippen molar-refractivity contribution in [3.63, 3.8) is 0 Å². The molecule has 0 spiro atoms. The van der Waals surface area contributed by atoms with Gasteiger partial charge in [0.1, 0.15) is 6.61 Å². The van der Waals surface area contributed by atoms with Crippen LogP contribution < -0.4 is 10.5 Å². The van der Waals surface area contributed by atoms with Crippen molar-refractivity contribution < 1.29 is 9.13 Å². The van der Waals surface area contributed by atoms with Crippen LogP contribution >= 0.6 is 23.2 Å². The highest BCUT2D eigenvalue weighted by Gasteiger charge is 2.09. The van der Waals surface area contributed by atoms with Crippen LogP contribution in [0.4, 0.5) is 4.39 Å². The smallest absolute Gasteiger partial charge is 0.165 e. The summed E-state index contributed by atoms with van der Waals surface area (Å²) in [6.45, 7) is 1.94. The first-order valence-corrected chi connectivity index (χ1v) is 6.84. The lowest BCUT2D eigenvalue weighted by Crippen LogP contribution is -2.06. The van der Waals surface area contributed by atoms with Gasteiger partial charge in [0.05, 0.1) is 0 Å². The second kappa shape index (κ2) is 6.44. The standard InChI is InChI=1S/C15H14Cl2FNO/c1-9(19)10-2-5-15(14(18)7-10)20-8-11-6-12(16)3-4-13(11)17/h2-7,9H,8,19H2,1H3/t9-/m0/s1. The minimum atomic E-state index is -0.446. The van der Waals surface area contributed by atoms with E-state index in [1.54, 1.807) is 37.3 Å². The van der Waals surface area contributed by atoms with Crippen LogP contribution in [0.2, 0.25) is 10.0 Å². The molecule has 0 aromatic heterocycles. The van der Waals surface area contributed by atoms with Gasteiger partial charge in [-0.15, -0.1) is 0 Å². The predicted molar refractivity (Wildman–Crippen MR) is 79.8 cm³/mol. The largest absolute Gasteiger partial charge is 0.486 e. The van der Waals surface area contributed by atoms with Gasteiger partial charge in [0.15, 0.2) is 11.6 Å². The Labute approximate surface area is 127 Å². The Kier molecular flexibility index (Phi) is 4.86. The molecule has 0 amide bonds. The molecule has 0 fully saturated rings. The molecule has 0 aliphatic heterocycles. The molecule has 0 aliphatic carbocycles. The van der Waals surface area contributed by atoms with Crippen LogP contribution in [0.1, 0.15) is 24.1 Å². The van der Waals surface area contributed by atoms with E-state index in [2.05, 4.69) is 0 Å². The molecule has 2 N–H and O–H groups in total. The van der Waals surface area contributed by atoms with Crippen LogP contribution in [0.5, 0.6) is 5.75 Å². The van der Waals surface area contributed by atoms with Gasteiger partial charge in [-0.3, -0.25) is 0 Å². The van der Waals surface area contributed by atoms with Gasteiger partial charge in [0.25, 0.3) is 0 Å². The fourth-order valence-corrected chi connectivity index (χ4v) is 2.09. The van der Waals surface area contributed by atoms with E-state index in [-0.39, 0.29) is 18.4 Å². The molecule has 2 aromatic rings. The molecule has 0 saturated heterocycles. The number of hydrogen-bond acceptors (Lipinski definition) is 2. The number of hydrogen-bond donors (Lipinski definition) is 1. The summed E-state index contributed by atoms with van der Waals surface area (Å²) in [5.74, 6) is -0.289. The summed E-state index contributed by atoms with van der Waals surface area (Å²) in [4.78, 5) is 0. The van der Waals surface area contributed by atoms with Crippen LogP contribution in [0.15, 0.2) is 36.4 Å². The van der Waals surface area contributed by atoms with E-state index in [9.17, 15) is 4.39 Å². The molecule has 0 bridgehead atoms. The van der Waals surface area contributed by atoms with E-state index in [1.807, 2.05) is 0 Å². The Morgan fingerprint density at radius 1 is 1.20 bits per heavy atom. The topological polar surface area (TPSA) is 35.2 Å². The number of rotatable bonds is 4. The highest BCUT2D eigenvalue weighted by atomic mass is 35.5. The maximum absolute atomic E-state index is 13.9. The van der Waals surface area contributed by atoms with E-state index in [4.69, 9.17) is 33.7 Å². The fraction of sp³-hybridized carbons (Fsp3) is 0.200. The third-order valence-electron chi connectivity index (χ3n) is 2.87. The maximum Gasteiger partial charge on any atom is 0.165 e. The lowest BCUT2D eigenvalue weighted by molar-refractivity contribution is 0.290. The normalized spacial score (nSPS) is 12.2. The van der Waals surface area contributed by atoms with Crippen LogP contribution in [0.3, 0.4) is 0 Å². The van der Waals surface area contributed by atoms with Gasteiger partial charge in [-0.2, -0.15) is 0 Å². The van der Waals surface area contributed by atoms with Crippen LogP contribution in [0, 0.1) is 5.82 Å². The first-order chi connectivity index (χ1) is 9.47. The molecule has 0 aliphatic rings. The van der Waals surface area contributed by atoms with Crippen molar-refractivity contribution >= 4 is 23.2 Å². The van der Waals surface area contributed by atoms with E-state index in [1.165, 1.54) is 6.07 Å². The zero-order valence-corrected chi connectivity index (χ0v) is 12.4. The first-order valence-electron chi connectivity index (χ1n) is 6.09. The molecule has 0 saturated carbocycles. The predicted octanol–water partition coefficient (Wildman–Crippen LogP) is 4.73. The molecule has 106 valence electrons. The number of halogens is 3. The van der Waals surface area contributed by atoms with Crippen LogP contribution in [-0.2, 0) is 6.61 Å². The zero-order chi connectivity index (χ0) is 14.7. The van der Waals surface area contributed by atoms with Gasteiger partial charge in [-0.25, -0.2) is 4.39 Å². The summed E-state index contributed by atoms with van der Waals surface area (Å²) in [6, 6.07) is 9.51. The number of nitrogens with two attached hydrogens (primary N) is 1. The van der Waals surface area contributed by atoms with Gasteiger partial charge in [-0.1, -0.05) is 29.3 Å². The Balaban J connectivity index is 2.13. The SMILES string of the molecule is C[C@H](N)c1ccc(OCc2cc(Cl)ccc2Cl)c(F)c1. The number of benzene rings is 2. The minimum Gasteiger partial charge on any atom is -0.486 e. The lowest BCUT2D eigenvalue weighted by Gasteiger charge is -2.11. The fourth-order valence-electron chi connectivity index (χ4n) is 1.73. The molecular formula is C15H14Cl2FNO. The van der Waals surface area contributed by atoms with Crippen molar-refractivity contribution in [1.82, 2.24) is 0 Å². The van der Waals surface area contributed by atoms with Crippen molar-refractivity contribution in [3.8, 4) is 5.75 Å². The summed E-state index contributed by atoms with van der Waals surface area (Å²) in [6.07, 6.45) is 0. The van der Waals surface area contributed by atoms with E-state index >= 15 is 0 Å². The quantitative estimate of drug-likeness (QED) is 0.885. The van der Waals surface area contributed by atoms with Crippen LogP contribution in [0.25, 0.3) is 0 Å². The van der Waals surface area contributed by atoms with Crippen molar-refractivity contribution in [1.29, 1.82) is 0 Å². The molecule has 1 atom stereocenters. The summed E-state index contributed by atoms with van der Waals surface area (Å²) in [5, 5.41) is 1.09. The molecule has 5 heteroatoms. The Hall–Kier alpha value is -1.29. The molecule has 0 radical (unpaired) electrons. The van der Waals surface area contributed by atoms with Crippen molar-refractivity contribution in [3.05, 3.63) is 63.4 Å². The molecule has 2 nitrogen and oxygen atoms in total. The molecule has 0 heterocycles. The zero-order valence-electron chi connectivity index (χ0n) is 10.9. The average molecular weight is 314 g/mol. The molecule has 20 heavy (non-hydrogen) atoms. The van der Waals surface area contributed by atoms with E-state index in [0.717, 1.165) is 5.56 Å². The Bertz CT molecular complexity index is 617. The molecular weight excluding hydrogens is 300 g/mol. The third-order valence-corrected chi connectivity index (χ3v) is 3.48. The maximum atomic E-state index is 13.9. The average Bonchev–Trinajstić information content (AvgIpc) is 2.40. The highest BCUT2D eigenvalue weighted by molar-refractivity contribution is 6.33. The summed E-state index contributed by atoms with van der Waals surface area (Å²) in [7, 11) is 0.